The lowest BCUT2D eigenvalue weighted by Gasteiger charge is -2.10. The molecule has 0 aliphatic carbocycles. The van der Waals surface area contributed by atoms with E-state index in [4.69, 9.17) is 5.26 Å². The van der Waals surface area contributed by atoms with Gasteiger partial charge in [-0.05, 0) is 47.0 Å². The Labute approximate surface area is 97.2 Å². The predicted octanol–water partition coefficient (Wildman–Crippen LogP) is 2.92. The van der Waals surface area contributed by atoms with Gasteiger partial charge in [0.15, 0.2) is 0 Å². The summed E-state index contributed by atoms with van der Waals surface area (Å²) in [5.74, 6) is -0.287. The van der Waals surface area contributed by atoms with Crippen molar-refractivity contribution in [3.63, 3.8) is 0 Å². The average molecular weight is 267 g/mol. The number of halogens is 1. The fraction of sp³-hybridized carbons (Fsp3) is 0.273. The highest BCUT2D eigenvalue weighted by Gasteiger charge is 2.08. The van der Waals surface area contributed by atoms with E-state index < -0.39 is 0 Å². The van der Waals surface area contributed by atoms with Crippen LogP contribution in [0, 0.1) is 25.2 Å². The number of nitriles is 1. The molecule has 0 spiro atoms. The van der Waals surface area contributed by atoms with Crippen molar-refractivity contribution < 1.29 is 4.79 Å². The highest BCUT2D eigenvalue weighted by Crippen LogP contribution is 2.27. The molecule has 0 atom stereocenters. The molecule has 1 amide bonds. The standard InChI is InChI=1S/C11H11BrN2O/c1-7-5-8(2)11(9(12)6-7)14-10(15)3-4-13/h5-6H,3H2,1-2H3,(H,14,15). The lowest BCUT2D eigenvalue weighted by atomic mass is 10.1. The number of benzene rings is 1. The van der Waals surface area contributed by atoms with Gasteiger partial charge in [0.1, 0.15) is 6.42 Å². The molecule has 3 nitrogen and oxygen atoms in total. The van der Waals surface area contributed by atoms with Crippen molar-refractivity contribution in [2.75, 3.05) is 5.32 Å². The first kappa shape index (κ1) is 11.7. The zero-order valence-corrected chi connectivity index (χ0v) is 10.2. The Morgan fingerprint density at radius 3 is 2.73 bits per heavy atom. The second-order valence-electron chi connectivity index (χ2n) is 3.32. The summed E-state index contributed by atoms with van der Waals surface area (Å²) >= 11 is 3.38. The van der Waals surface area contributed by atoms with Crippen LogP contribution in [0.1, 0.15) is 17.5 Å². The maximum atomic E-state index is 11.2. The van der Waals surface area contributed by atoms with Gasteiger partial charge in [0.2, 0.25) is 5.91 Å². The van der Waals surface area contributed by atoms with Crippen LogP contribution in [0.4, 0.5) is 5.69 Å². The maximum Gasteiger partial charge on any atom is 0.238 e. The Balaban J connectivity index is 2.96. The highest BCUT2D eigenvalue weighted by molar-refractivity contribution is 9.10. The molecule has 15 heavy (non-hydrogen) atoms. The molecule has 0 heterocycles. The van der Waals surface area contributed by atoms with Crippen molar-refractivity contribution in [2.24, 2.45) is 0 Å². The Morgan fingerprint density at radius 1 is 1.53 bits per heavy atom. The number of anilines is 1. The van der Waals surface area contributed by atoms with Gasteiger partial charge in [-0.1, -0.05) is 6.07 Å². The van der Waals surface area contributed by atoms with Crippen molar-refractivity contribution in [3.05, 3.63) is 27.7 Å². The van der Waals surface area contributed by atoms with Crippen molar-refractivity contribution in [2.45, 2.75) is 20.3 Å². The summed E-state index contributed by atoms with van der Waals surface area (Å²) in [5.41, 5.74) is 2.84. The molecule has 1 N–H and O–H groups in total. The lowest BCUT2D eigenvalue weighted by Crippen LogP contribution is -2.11. The lowest BCUT2D eigenvalue weighted by molar-refractivity contribution is -0.115. The fourth-order valence-electron chi connectivity index (χ4n) is 1.33. The largest absolute Gasteiger partial charge is 0.324 e. The molecule has 78 valence electrons. The molecule has 0 radical (unpaired) electrons. The summed E-state index contributed by atoms with van der Waals surface area (Å²) < 4.78 is 0.839. The number of nitrogens with zero attached hydrogens (tertiary/aromatic N) is 1. The molecule has 0 aromatic heterocycles. The number of rotatable bonds is 2. The summed E-state index contributed by atoms with van der Waals surface area (Å²) in [6, 6.07) is 5.72. The van der Waals surface area contributed by atoms with Gasteiger partial charge in [-0.2, -0.15) is 5.26 Å². The van der Waals surface area contributed by atoms with Crippen LogP contribution in [0.25, 0.3) is 0 Å². The molecule has 0 fully saturated rings. The van der Waals surface area contributed by atoms with Crippen LogP contribution < -0.4 is 5.32 Å². The number of carbonyl (C=O) groups is 1. The number of carbonyl (C=O) groups excluding carboxylic acids is 1. The quantitative estimate of drug-likeness (QED) is 0.895. The third-order valence-corrected chi connectivity index (χ3v) is 2.56. The van der Waals surface area contributed by atoms with Gasteiger partial charge in [-0.3, -0.25) is 4.79 Å². The third kappa shape index (κ3) is 3.07. The van der Waals surface area contributed by atoms with Crippen molar-refractivity contribution >= 4 is 27.5 Å². The van der Waals surface area contributed by atoms with E-state index in [1.54, 1.807) is 0 Å². The normalized spacial score (nSPS) is 9.47. The van der Waals surface area contributed by atoms with Crippen molar-refractivity contribution in [3.8, 4) is 6.07 Å². The molecule has 1 rings (SSSR count). The van der Waals surface area contributed by atoms with Crippen LogP contribution in [-0.4, -0.2) is 5.91 Å². The summed E-state index contributed by atoms with van der Waals surface area (Å²) in [4.78, 5) is 11.2. The summed E-state index contributed by atoms with van der Waals surface area (Å²) in [7, 11) is 0. The SMILES string of the molecule is Cc1cc(C)c(NC(=O)CC#N)c(Br)c1. The highest BCUT2D eigenvalue weighted by atomic mass is 79.9. The van der Waals surface area contributed by atoms with Crippen molar-refractivity contribution in [1.82, 2.24) is 0 Å². The Morgan fingerprint density at radius 2 is 2.20 bits per heavy atom. The van der Waals surface area contributed by atoms with E-state index in [0.717, 1.165) is 21.3 Å². The van der Waals surface area contributed by atoms with E-state index in [1.807, 2.05) is 32.0 Å². The van der Waals surface area contributed by atoms with Crippen LogP contribution in [-0.2, 0) is 4.79 Å². The molecule has 4 heteroatoms. The minimum Gasteiger partial charge on any atom is -0.324 e. The summed E-state index contributed by atoms with van der Waals surface area (Å²) in [6.45, 7) is 3.90. The molecule has 0 aliphatic heterocycles. The monoisotopic (exact) mass is 266 g/mol. The first-order valence-corrected chi connectivity index (χ1v) is 5.27. The van der Waals surface area contributed by atoms with Gasteiger partial charge in [-0.25, -0.2) is 0 Å². The molecular formula is C11H11BrN2O. The van der Waals surface area contributed by atoms with Crippen LogP contribution in [0.2, 0.25) is 0 Å². The van der Waals surface area contributed by atoms with Gasteiger partial charge < -0.3 is 5.32 Å². The zero-order valence-electron chi connectivity index (χ0n) is 8.60. The van der Waals surface area contributed by atoms with Gasteiger partial charge in [-0.15, -0.1) is 0 Å². The Kier molecular flexibility index (Phi) is 3.87. The molecule has 1 aromatic rings. The molecule has 0 saturated heterocycles. The number of nitrogens with one attached hydrogen (secondary N) is 1. The number of hydrogen-bond donors (Lipinski definition) is 1. The molecule has 0 saturated carbocycles. The van der Waals surface area contributed by atoms with E-state index >= 15 is 0 Å². The molecule has 0 aliphatic rings. The smallest absolute Gasteiger partial charge is 0.238 e. The second-order valence-corrected chi connectivity index (χ2v) is 4.18. The van der Waals surface area contributed by atoms with Crippen LogP contribution >= 0.6 is 15.9 Å². The fourth-order valence-corrected chi connectivity index (χ4v) is 2.10. The van der Waals surface area contributed by atoms with Gasteiger partial charge >= 0.3 is 0 Å². The minimum atomic E-state index is -0.287. The van der Waals surface area contributed by atoms with Crippen LogP contribution in [0.15, 0.2) is 16.6 Å². The van der Waals surface area contributed by atoms with Crippen LogP contribution in [0.3, 0.4) is 0 Å². The second kappa shape index (κ2) is 4.94. The molecule has 0 unspecified atom stereocenters. The van der Waals surface area contributed by atoms with Gasteiger partial charge in [0, 0.05) is 4.47 Å². The topological polar surface area (TPSA) is 52.9 Å². The van der Waals surface area contributed by atoms with E-state index in [0.29, 0.717) is 0 Å². The van der Waals surface area contributed by atoms with E-state index in [9.17, 15) is 4.79 Å². The maximum absolute atomic E-state index is 11.2. The van der Waals surface area contributed by atoms with Crippen molar-refractivity contribution in [1.29, 1.82) is 5.26 Å². The predicted molar refractivity (Wildman–Crippen MR) is 62.5 cm³/mol. The molecular weight excluding hydrogens is 256 g/mol. The number of hydrogen-bond acceptors (Lipinski definition) is 2. The summed E-state index contributed by atoms with van der Waals surface area (Å²) in [6.07, 6.45) is -0.125. The van der Waals surface area contributed by atoms with Crippen LogP contribution in [0.5, 0.6) is 0 Å². The molecule has 0 bridgehead atoms. The first-order chi connectivity index (χ1) is 7.04. The van der Waals surface area contributed by atoms with E-state index in [1.165, 1.54) is 0 Å². The Hall–Kier alpha value is -1.34. The average Bonchev–Trinajstić information content (AvgIpc) is 2.11. The van der Waals surface area contributed by atoms with E-state index in [-0.39, 0.29) is 12.3 Å². The number of aryl methyl sites for hydroxylation is 2. The van der Waals surface area contributed by atoms with E-state index in [2.05, 4.69) is 21.2 Å². The summed E-state index contributed by atoms with van der Waals surface area (Å²) in [5, 5.41) is 11.1. The van der Waals surface area contributed by atoms with Gasteiger partial charge in [0.25, 0.3) is 0 Å². The number of amides is 1. The Bertz CT molecular complexity index is 412. The molecule has 1 aromatic carbocycles. The zero-order chi connectivity index (χ0) is 11.4. The first-order valence-electron chi connectivity index (χ1n) is 4.48. The van der Waals surface area contributed by atoms with Gasteiger partial charge in [0.05, 0.1) is 11.8 Å². The minimum absolute atomic E-state index is 0.125. The third-order valence-electron chi connectivity index (χ3n) is 1.94.